The SMILES string of the molecule is O=C(NN=Cc1ccc([N+](=O)[O-])cc1)Nc1cccc2ccccc12. The third kappa shape index (κ3) is 3.97. The van der Waals surface area contributed by atoms with Crippen LogP contribution in [-0.2, 0) is 0 Å². The predicted octanol–water partition coefficient (Wildman–Crippen LogP) is 3.90. The zero-order chi connectivity index (χ0) is 17.6. The summed E-state index contributed by atoms with van der Waals surface area (Å²) in [7, 11) is 0. The van der Waals surface area contributed by atoms with Crippen LogP contribution in [0.15, 0.2) is 71.8 Å². The Morgan fingerprint density at radius 3 is 2.48 bits per heavy atom. The van der Waals surface area contributed by atoms with Crippen LogP contribution in [0.2, 0.25) is 0 Å². The Bertz CT molecular complexity index is 947. The fourth-order valence-corrected chi connectivity index (χ4v) is 2.33. The minimum atomic E-state index is -0.477. The number of nitrogens with zero attached hydrogens (tertiary/aromatic N) is 2. The number of hydrogen-bond donors (Lipinski definition) is 2. The molecule has 7 nitrogen and oxygen atoms in total. The van der Waals surface area contributed by atoms with Crippen molar-refractivity contribution in [1.29, 1.82) is 0 Å². The van der Waals surface area contributed by atoms with Crippen molar-refractivity contribution in [3.8, 4) is 0 Å². The largest absolute Gasteiger partial charge is 0.339 e. The summed E-state index contributed by atoms with van der Waals surface area (Å²) in [5.74, 6) is 0. The topological polar surface area (TPSA) is 96.6 Å². The van der Waals surface area contributed by atoms with Gasteiger partial charge in [-0.15, -0.1) is 0 Å². The number of nitro groups is 1. The average molecular weight is 334 g/mol. The number of amides is 2. The van der Waals surface area contributed by atoms with Gasteiger partial charge in [-0.2, -0.15) is 5.10 Å². The van der Waals surface area contributed by atoms with E-state index in [0.29, 0.717) is 11.3 Å². The number of carbonyl (C=O) groups excluding carboxylic acids is 1. The first-order chi connectivity index (χ1) is 12.1. The molecule has 7 heteroatoms. The summed E-state index contributed by atoms with van der Waals surface area (Å²) < 4.78 is 0. The molecule has 0 saturated heterocycles. The van der Waals surface area contributed by atoms with E-state index in [9.17, 15) is 14.9 Å². The van der Waals surface area contributed by atoms with Gasteiger partial charge >= 0.3 is 6.03 Å². The van der Waals surface area contributed by atoms with Gasteiger partial charge in [0.1, 0.15) is 0 Å². The van der Waals surface area contributed by atoms with E-state index in [1.54, 1.807) is 12.1 Å². The number of non-ortho nitro benzene ring substituents is 1. The fourth-order valence-electron chi connectivity index (χ4n) is 2.33. The molecule has 2 N–H and O–H groups in total. The van der Waals surface area contributed by atoms with E-state index in [1.165, 1.54) is 18.3 Å². The standard InChI is InChI=1S/C18H14N4O3/c23-18(20-17-7-3-5-14-4-1-2-6-16(14)17)21-19-12-13-8-10-15(11-9-13)22(24)25/h1-12H,(H2,20,21,23). The van der Waals surface area contributed by atoms with Crippen LogP contribution >= 0.6 is 0 Å². The molecular formula is C18H14N4O3. The summed E-state index contributed by atoms with van der Waals surface area (Å²) in [6.45, 7) is 0. The average Bonchev–Trinajstić information content (AvgIpc) is 2.62. The van der Waals surface area contributed by atoms with Crippen molar-refractivity contribution < 1.29 is 9.72 Å². The summed E-state index contributed by atoms with van der Waals surface area (Å²) in [6, 6.07) is 18.7. The number of hydrogen-bond acceptors (Lipinski definition) is 4. The summed E-state index contributed by atoms with van der Waals surface area (Å²) in [4.78, 5) is 22.1. The molecule has 0 fully saturated rings. The summed E-state index contributed by atoms with van der Waals surface area (Å²) in [5, 5.41) is 19.1. The Morgan fingerprint density at radius 2 is 1.72 bits per heavy atom. The van der Waals surface area contributed by atoms with Crippen LogP contribution in [0.25, 0.3) is 10.8 Å². The van der Waals surface area contributed by atoms with Crippen LogP contribution in [0.5, 0.6) is 0 Å². The van der Waals surface area contributed by atoms with E-state index in [1.807, 2.05) is 42.5 Å². The monoisotopic (exact) mass is 334 g/mol. The Morgan fingerprint density at radius 1 is 1.00 bits per heavy atom. The number of nitrogens with one attached hydrogen (secondary N) is 2. The van der Waals surface area contributed by atoms with E-state index < -0.39 is 11.0 Å². The zero-order valence-corrected chi connectivity index (χ0v) is 13.0. The molecule has 3 rings (SSSR count). The number of benzene rings is 3. The van der Waals surface area contributed by atoms with Gasteiger partial charge < -0.3 is 5.32 Å². The number of hydrazone groups is 1. The Labute approximate surface area is 143 Å². The second-order valence-electron chi connectivity index (χ2n) is 5.20. The van der Waals surface area contributed by atoms with E-state index in [-0.39, 0.29) is 5.69 Å². The van der Waals surface area contributed by atoms with E-state index >= 15 is 0 Å². The Kier molecular flexibility index (Phi) is 4.66. The maximum Gasteiger partial charge on any atom is 0.339 e. The molecule has 0 aliphatic rings. The highest BCUT2D eigenvalue weighted by Gasteiger charge is 2.05. The molecule has 0 aliphatic heterocycles. The van der Waals surface area contributed by atoms with Crippen molar-refractivity contribution in [2.45, 2.75) is 0 Å². The van der Waals surface area contributed by atoms with E-state index in [0.717, 1.165) is 10.8 Å². The van der Waals surface area contributed by atoms with Crippen LogP contribution in [0.3, 0.4) is 0 Å². The van der Waals surface area contributed by atoms with E-state index in [4.69, 9.17) is 0 Å². The number of carbonyl (C=O) groups is 1. The molecule has 0 heterocycles. The molecule has 0 bridgehead atoms. The summed E-state index contributed by atoms with van der Waals surface area (Å²) in [6.07, 6.45) is 1.41. The molecule has 0 aliphatic carbocycles. The van der Waals surface area contributed by atoms with Gasteiger partial charge in [-0.1, -0.05) is 36.4 Å². The van der Waals surface area contributed by atoms with Crippen LogP contribution in [0.4, 0.5) is 16.2 Å². The number of rotatable bonds is 4. The fraction of sp³-hybridized carbons (Fsp3) is 0. The highest BCUT2D eigenvalue weighted by atomic mass is 16.6. The molecule has 0 radical (unpaired) electrons. The Hall–Kier alpha value is -3.74. The number of anilines is 1. The second kappa shape index (κ2) is 7.22. The van der Waals surface area contributed by atoms with Gasteiger partial charge in [-0.25, -0.2) is 10.2 Å². The number of nitro benzene ring substituents is 1. The predicted molar refractivity (Wildman–Crippen MR) is 96.8 cm³/mol. The molecule has 0 spiro atoms. The lowest BCUT2D eigenvalue weighted by molar-refractivity contribution is -0.384. The lowest BCUT2D eigenvalue weighted by Gasteiger charge is -2.07. The third-order valence-corrected chi connectivity index (χ3v) is 3.52. The maximum atomic E-state index is 12.0. The van der Waals surface area contributed by atoms with Gasteiger partial charge in [0.25, 0.3) is 5.69 Å². The highest BCUT2D eigenvalue weighted by molar-refractivity contribution is 6.01. The van der Waals surface area contributed by atoms with E-state index in [2.05, 4.69) is 15.8 Å². The quantitative estimate of drug-likeness (QED) is 0.430. The maximum absolute atomic E-state index is 12.0. The van der Waals surface area contributed by atoms with Gasteiger partial charge in [0.2, 0.25) is 0 Å². The van der Waals surface area contributed by atoms with Crippen LogP contribution in [0, 0.1) is 10.1 Å². The highest BCUT2D eigenvalue weighted by Crippen LogP contribution is 2.22. The van der Waals surface area contributed by atoms with Gasteiger partial charge in [0.05, 0.1) is 16.8 Å². The van der Waals surface area contributed by atoms with Gasteiger partial charge in [-0.05, 0) is 29.1 Å². The molecule has 3 aromatic carbocycles. The molecule has 0 atom stereocenters. The molecule has 25 heavy (non-hydrogen) atoms. The van der Waals surface area contributed by atoms with Gasteiger partial charge in [-0.3, -0.25) is 10.1 Å². The van der Waals surface area contributed by atoms with Crippen molar-refractivity contribution in [2.75, 3.05) is 5.32 Å². The second-order valence-corrected chi connectivity index (χ2v) is 5.20. The first-order valence-corrected chi connectivity index (χ1v) is 7.46. The van der Waals surface area contributed by atoms with Crippen molar-refractivity contribution >= 4 is 34.4 Å². The third-order valence-electron chi connectivity index (χ3n) is 3.52. The minimum absolute atomic E-state index is 0.00110. The molecular weight excluding hydrogens is 320 g/mol. The first-order valence-electron chi connectivity index (χ1n) is 7.46. The van der Waals surface area contributed by atoms with Crippen LogP contribution in [0.1, 0.15) is 5.56 Å². The molecule has 2 amide bonds. The minimum Gasteiger partial charge on any atom is -0.306 e. The van der Waals surface area contributed by atoms with Crippen molar-refractivity contribution in [1.82, 2.24) is 5.43 Å². The lowest BCUT2D eigenvalue weighted by Crippen LogP contribution is -2.24. The zero-order valence-electron chi connectivity index (χ0n) is 13.0. The first kappa shape index (κ1) is 16.1. The Balaban J connectivity index is 1.63. The molecule has 124 valence electrons. The lowest BCUT2D eigenvalue weighted by atomic mass is 10.1. The summed E-state index contributed by atoms with van der Waals surface area (Å²) >= 11 is 0. The number of urea groups is 1. The normalized spacial score (nSPS) is 10.7. The molecule has 0 unspecified atom stereocenters. The number of fused-ring (bicyclic) bond motifs is 1. The molecule has 0 aromatic heterocycles. The smallest absolute Gasteiger partial charge is 0.306 e. The van der Waals surface area contributed by atoms with Crippen LogP contribution < -0.4 is 10.7 Å². The molecule has 0 saturated carbocycles. The van der Waals surface area contributed by atoms with Gasteiger partial charge in [0, 0.05) is 17.5 Å². The van der Waals surface area contributed by atoms with Crippen molar-refractivity contribution in [3.05, 3.63) is 82.4 Å². The molecule has 3 aromatic rings. The van der Waals surface area contributed by atoms with Crippen molar-refractivity contribution in [2.24, 2.45) is 5.10 Å². The van der Waals surface area contributed by atoms with Crippen LogP contribution in [-0.4, -0.2) is 17.2 Å². The summed E-state index contributed by atoms with van der Waals surface area (Å²) in [5.41, 5.74) is 3.68. The van der Waals surface area contributed by atoms with Gasteiger partial charge in [0.15, 0.2) is 0 Å². The van der Waals surface area contributed by atoms with Crippen molar-refractivity contribution in [3.63, 3.8) is 0 Å².